The number of carbonyl (C=O) groups excluding carboxylic acids is 1. The van der Waals surface area contributed by atoms with Crippen LogP contribution in [0.5, 0.6) is 0 Å². The summed E-state index contributed by atoms with van der Waals surface area (Å²) < 4.78 is 54.3. The molecule has 13 heteroatoms. The third-order valence-corrected chi connectivity index (χ3v) is 8.58. The van der Waals surface area contributed by atoms with E-state index in [0.717, 1.165) is 22.4 Å². The second kappa shape index (κ2) is 9.63. The fourth-order valence-corrected chi connectivity index (χ4v) is 6.55. The average molecular weight is 561 g/mol. The van der Waals surface area contributed by atoms with E-state index in [2.05, 4.69) is 10.3 Å². The first kappa shape index (κ1) is 26.8. The Morgan fingerprint density at radius 1 is 1.12 bits per heavy atom. The van der Waals surface area contributed by atoms with Crippen molar-refractivity contribution in [1.29, 1.82) is 0 Å². The number of aromatic nitrogens is 3. The minimum Gasteiger partial charge on any atom is -0.394 e. The highest BCUT2D eigenvalue weighted by Gasteiger charge is 2.71. The minimum absolute atomic E-state index is 0.0544. The molecule has 3 fully saturated rings. The van der Waals surface area contributed by atoms with Crippen molar-refractivity contribution < 1.29 is 42.8 Å². The van der Waals surface area contributed by atoms with Crippen LogP contribution in [-0.2, 0) is 19.7 Å². The van der Waals surface area contributed by atoms with Crippen LogP contribution >= 0.6 is 0 Å². The van der Waals surface area contributed by atoms with Crippen LogP contribution in [0, 0.1) is 29.3 Å². The first-order chi connectivity index (χ1) is 19.1. The van der Waals surface area contributed by atoms with E-state index < -0.39 is 71.4 Å². The lowest BCUT2D eigenvalue weighted by molar-refractivity contribution is -0.355. The number of rotatable bonds is 6. The lowest BCUT2D eigenvalue weighted by Gasteiger charge is -2.50. The number of hydrogen-bond donors (Lipinski definition) is 4. The number of primary amides is 1. The number of aliphatic hydroxyl groups is 3. The molecule has 1 aliphatic carbocycles. The Labute approximate surface area is 226 Å². The lowest BCUT2D eigenvalue weighted by atomic mass is 9.77. The van der Waals surface area contributed by atoms with Gasteiger partial charge < -0.3 is 30.5 Å². The summed E-state index contributed by atoms with van der Waals surface area (Å²) in [5.74, 6) is -7.65. The maximum absolute atomic E-state index is 13.8. The van der Waals surface area contributed by atoms with Crippen LogP contribution in [-0.4, -0.2) is 73.5 Å². The normalized spacial score (nSPS) is 35.2. The number of aliphatic hydroxyl groups excluding tert-OH is 3. The maximum atomic E-state index is 13.8. The highest BCUT2D eigenvalue weighted by Crippen LogP contribution is 2.64. The number of nitrogens with two attached hydrogens (primary N) is 1. The van der Waals surface area contributed by atoms with Gasteiger partial charge in [0.2, 0.25) is 5.91 Å². The number of carbonyl (C=O) groups is 1. The van der Waals surface area contributed by atoms with Gasteiger partial charge in [0.05, 0.1) is 24.8 Å². The first-order valence-electron chi connectivity index (χ1n) is 12.8. The van der Waals surface area contributed by atoms with E-state index in [1.165, 1.54) is 6.20 Å². The average Bonchev–Trinajstić information content (AvgIpc) is 3.27. The van der Waals surface area contributed by atoms with Crippen molar-refractivity contribution in [2.45, 2.75) is 48.4 Å². The van der Waals surface area contributed by atoms with Crippen molar-refractivity contribution in [2.75, 3.05) is 13.2 Å². The van der Waals surface area contributed by atoms with Gasteiger partial charge in [-0.05, 0) is 36.5 Å². The first-order valence-corrected chi connectivity index (χ1v) is 12.8. The summed E-state index contributed by atoms with van der Waals surface area (Å²) in [6, 6.07) is 9.27. The van der Waals surface area contributed by atoms with Gasteiger partial charge in [0, 0.05) is 11.5 Å². The standard InChI is InChI=1S/C27H27F3N4O6/c28-17-8-13(9-18(29)21(17)30)19-11-34(33-32-19)22-23(36)20(12-35)40-27(24(22)37)15(6-7-39-27)16-10-26(16,25(31)38)14-4-2-1-3-5-14/h1-5,8-9,11,15-16,20,22-24,35-37H,6-7,10,12H2,(H2,31,38)/t15-,16?,20-,22+,23+,24-,26?,27+/m1/s1. The van der Waals surface area contributed by atoms with Gasteiger partial charge in [-0.25, -0.2) is 17.9 Å². The highest BCUT2D eigenvalue weighted by atomic mass is 19.2. The molecule has 1 saturated carbocycles. The number of ether oxygens (including phenoxy) is 2. The quantitative estimate of drug-likeness (QED) is 0.328. The van der Waals surface area contributed by atoms with Crippen LogP contribution in [0.25, 0.3) is 11.3 Å². The SMILES string of the molecule is NC(=O)C1(c2ccccc2)CC1[C@H]1CCO[C@]12O[C@H](CO)[C@H](O)[C@H](n1cc(-c3cc(F)c(F)c(F)c3)nn1)[C@H]2O. The maximum Gasteiger partial charge on any atom is 0.228 e. The van der Waals surface area contributed by atoms with Gasteiger partial charge in [-0.15, -0.1) is 5.10 Å². The monoisotopic (exact) mass is 560 g/mol. The molecule has 40 heavy (non-hydrogen) atoms. The van der Waals surface area contributed by atoms with Crippen LogP contribution < -0.4 is 5.73 Å². The molecule has 1 amide bonds. The van der Waals surface area contributed by atoms with Crippen molar-refractivity contribution in [1.82, 2.24) is 15.0 Å². The zero-order chi connectivity index (χ0) is 28.4. The van der Waals surface area contributed by atoms with Crippen LogP contribution in [0.4, 0.5) is 13.2 Å². The van der Waals surface area contributed by atoms with E-state index in [9.17, 15) is 33.3 Å². The molecule has 0 bridgehead atoms. The van der Waals surface area contributed by atoms with E-state index in [0.29, 0.717) is 12.8 Å². The van der Waals surface area contributed by atoms with E-state index in [1.807, 2.05) is 18.2 Å². The molecule has 1 aromatic heterocycles. The summed E-state index contributed by atoms with van der Waals surface area (Å²) in [7, 11) is 0. The van der Waals surface area contributed by atoms with Crippen molar-refractivity contribution in [3.05, 3.63) is 71.7 Å². The topological polar surface area (TPSA) is 153 Å². The third-order valence-electron chi connectivity index (χ3n) is 8.58. The summed E-state index contributed by atoms with van der Waals surface area (Å²) in [5, 5.41) is 40.7. The van der Waals surface area contributed by atoms with Gasteiger partial charge in [-0.1, -0.05) is 35.5 Å². The van der Waals surface area contributed by atoms with Crippen LogP contribution in [0.1, 0.15) is 24.4 Å². The molecular weight excluding hydrogens is 533 g/mol. The van der Waals surface area contributed by atoms with Crippen LogP contribution in [0.2, 0.25) is 0 Å². The second-order valence-electron chi connectivity index (χ2n) is 10.6. The number of benzene rings is 2. The molecule has 6 rings (SSSR count). The van der Waals surface area contributed by atoms with Gasteiger partial charge >= 0.3 is 0 Å². The molecule has 8 atom stereocenters. The Morgan fingerprint density at radius 2 is 1.82 bits per heavy atom. The van der Waals surface area contributed by atoms with Crippen molar-refractivity contribution >= 4 is 5.91 Å². The summed E-state index contributed by atoms with van der Waals surface area (Å²) in [6.07, 6.45) is -2.26. The fraction of sp³-hybridized carbons (Fsp3) is 0.444. The predicted molar refractivity (Wildman–Crippen MR) is 131 cm³/mol. The molecule has 2 aromatic carbocycles. The zero-order valence-electron chi connectivity index (χ0n) is 21.0. The van der Waals surface area contributed by atoms with Crippen LogP contribution in [0.3, 0.4) is 0 Å². The number of amides is 1. The Kier molecular flexibility index (Phi) is 6.46. The molecule has 3 aromatic rings. The molecule has 2 saturated heterocycles. The van der Waals surface area contributed by atoms with E-state index >= 15 is 0 Å². The Morgan fingerprint density at radius 3 is 2.48 bits per heavy atom. The van der Waals surface area contributed by atoms with Crippen molar-refractivity contribution in [3.8, 4) is 11.3 Å². The lowest BCUT2D eigenvalue weighted by Crippen LogP contribution is -2.65. The fourth-order valence-electron chi connectivity index (χ4n) is 6.55. The number of halogens is 3. The van der Waals surface area contributed by atoms with Gasteiger partial charge in [0.25, 0.3) is 0 Å². The Hall–Kier alpha value is -3.36. The van der Waals surface area contributed by atoms with Crippen molar-refractivity contribution in [2.24, 2.45) is 17.6 Å². The largest absolute Gasteiger partial charge is 0.394 e. The summed E-state index contributed by atoms with van der Waals surface area (Å²) in [4.78, 5) is 12.8. The molecular formula is C27H27F3N4O6. The molecule has 212 valence electrons. The molecule has 2 unspecified atom stereocenters. The molecule has 1 spiro atoms. The van der Waals surface area contributed by atoms with Gasteiger partial charge in [-0.3, -0.25) is 4.79 Å². The molecule has 3 heterocycles. The van der Waals surface area contributed by atoms with E-state index in [4.69, 9.17) is 15.2 Å². The second-order valence-corrected chi connectivity index (χ2v) is 10.6. The molecule has 10 nitrogen and oxygen atoms in total. The van der Waals surface area contributed by atoms with E-state index in [1.54, 1.807) is 12.1 Å². The van der Waals surface area contributed by atoms with Gasteiger partial charge in [0.15, 0.2) is 23.2 Å². The summed E-state index contributed by atoms with van der Waals surface area (Å²) >= 11 is 0. The third kappa shape index (κ3) is 3.87. The molecule has 2 aliphatic heterocycles. The Bertz CT molecular complexity index is 1420. The van der Waals surface area contributed by atoms with Gasteiger partial charge in [0.1, 0.15) is 30.0 Å². The minimum atomic E-state index is -1.74. The Balaban J connectivity index is 1.36. The van der Waals surface area contributed by atoms with Crippen molar-refractivity contribution in [3.63, 3.8) is 0 Å². The molecule has 0 radical (unpaired) electrons. The molecule has 3 aliphatic rings. The zero-order valence-corrected chi connectivity index (χ0v) is 21.0. The number of hydrogen-bond acceptors (Lipinski definition) is 8. The smallest absolute Gasteiger partial charge is 0.228 e. The summed E-state index contributed by atoms with van der Waals surface area (Å²) in [6.45, 7) is -0.470. The summed E-state index contributed by atoms with van der Waals surface area (Å²) in [5.41, 5.74) is 5.45. The molecule has 5 N–H and O–H groups in total. The van der Waals surface area contributed by atoms with E-state index in [-0.39, 0.29) is 23.8 Å². The number of nitrogens with zero attached hydrogens (tertiary/aromatic N) is 3. The highest BCUT2D eigenvalue weighted by molar-refractivity contribution is 5.90. The van der Waals surface area contributed by atoms with Gasteiger partial charge in [-0.2, -0.15) is 0 Å². The predicted octanol–water partition coefficient (Wildman–Crippen LogP) is 1.19. The van der Waals surface area contributed by atoms with Crippen LogP contribution in [0.15, 0.2) is 48.7 Å².